The van der Waals surface area contributed by atoms with Crippen LogP contribution in [0.2, 0.25) is 0 Å². The Morgan fingerprint density at radius 2 is 2.10 bits per heavy atom. The van der Waals surface area contributed by atoms with Gasteiger partial charge in [0, 0.05) is 19.0 Å². The van der Waals surface area contributed by atoms with Gasteiger partial charge in [0.05, 0.1) is 6.10 Å². The van der Waals surface area contributed by atoms with Crippen LogP contribution in [0, 0.1) is 5.92 Å². The predicted octanol–water partition coefficient (Wildman–Crippen LogP) is 1.84. The van der Waals surface area contributed by atoms with E-state index in [1.807, 2.05) is 0 Å². The first-order valence-corrected chi connectivity index (χ1v) is 8.94. The predicted molar refractivity (Wildman–Crippen MR) is 78.4 cm³/mol. The van der Waals surface area contributed by atoms with E-state index in [9.17, 15) is 13.5 Å². The van der Waals surface area contributed by atoms with Gasteiger partial charge < -0.3 is 10.4 Å². The van der Waals surface area contributed by atoms with E-state index in [2.05, 4.69) is 10.3 Å². The summed E-state index contributed by atoms with van der Waals surface area (Å²) in [6, 6.07) is 3.12. The first kappa shape index (κ1) is 15.3. The van der Waals surface area contributed by atoms with E-state index in [4.69, 9.17) is 0 Å². The highest BCUT2D eigenvalue weighted by Gasteiger charge is 2.22. The molecule has 0 amide bonds. The highest BCUT2D eigenvalue weighted by molar-refractivity contribution is 7.90. The molecule has 0 saturated heterocycles. The Balaban J connectivity index is 2.00. The summed E-state index contributed by atoms with van der Waals surface area (Å²) in [5.41, 5.74) is 0. The second kappa shape index (κ2) is 6.54. The van der Waals surface area contributed by atoms with Crippen molar-refractivity contribution in [3.8, 4) is 0 Å². The number of nitrogens with one attached hydrogen (secondary N) is 1. The fourth-order valence-corrected chi connectivity index (χ4v) is 3.51. The Labute approximate surface area is 120 Å². The molecule has 1 heterocycles. The highest BCUT2D eigenvalue weighted by Crippen LogP contribution is 2.27. The van der Waals surface area contributed by atoms with Crippen LogP contribution in [0.4, 0.5) is 5.82 Å². The van der Waals surface area contributed by atoms with Crippen LogP contribution in [-0.2, 0) is 9.84 Å². The monoisotopic (exact) mass is 298 g/mol. The number of pyridine rings is 1. The van der Waals surface area contributed by atoms with Crippen molar-refractivity contribution in [2.45, 2.75) is 43.1 Å². The standard InChI is InChI=1S/C14H22N2O3S/c1-20(18,19)13-8-5-9-15-14(13)16-10-12(17)11-6-3-2-4-7-11/h5,8-9,11-12,17H,2-4,6-7,10H2,1H3,(H,15,16). The van der Waals surface area contributed by atoms with Crippen LogP contribution >= 0.6 is 0 Å². The third-order valence-corrected chi connectivity index (χ3v) is 4.97. The Morgan fingerprint density at radius 1 is 1.40 bits per heavy atom. The van der Waals surface area contributed by atoms with Crippen LogP contribution in [0.15, 0.2) is 23.2 Å². The molecule has 1 unspecified atom stereocenters. The molecule has 2 rings (SSSR count). The number of aromatic nitrogens is 1. The molecule has 0 spiro atoms. The van der Waals surface area contributed by atoms with Crippen molar-refractivity contribution in [2.75, 3.05) is 18.1 Å². The second-order valence-electron chi connectivity index (χ2n) is 5.47. The van der Waals surface area contributed by atoms with Crippen molar-refractivity contribution in [2.24, 2.45) is 5.92 Å². The van der Waals surface area contributed by atoms with Gasteiger partial charge in [-0.3, -0.25) is 0 Å². The summed E-state index contributed by atoms with van der Waals surface area (Å²) >= 11 is 0. The largest absolute Gasteiger partial charge is 0.391 e. The normalized spacial score (nSPS) is 18.7. The van der Waals surface area contributed by atoms with Gasteiger partial charge in [-0.1, -0.05) is 19.3 Å². The summed E-state index contributed by atoms with van der Waals surface area (Å²) in [6.07, 6.45) is 7.92. The molecule has 1 aromatic rings. The van der Waals surface area contributed by atoms with Gasteiger partial charge in [-0.2, -0.15) is 0 Å². The van der Waals surface area contributed by atoms with Crippen molar-refractivity contribution in [1.29, 1.82) is 0 Å². The van der Waals surface area contributed by atoms with Crippen LogP contribution in [0.1, 0.15) is 32.1 Å². The molecule has 1 fully saturated rings. The maximum atomic E-state index is 11.7. The second-order valence-corrected chi connectivity index (χ2v) is 7.45. The Bertz CT molecular complexity index is 539. The zero-order valence-electron chi connectivity index (χ0n) is 11.7. The molecule has 5 nitrogen and oxygen atoms in total. The molecule has 20 heavy (non-hydrogen) atoms. The molecule has 1 aliphatic carbocycles. The average molecular weight is 298 g/mol. The number of nitrogens with zero attached hydrogens (tertiary/aromatic N) is 1. The van der Waals surface area contributed by atoms with Crippen LogP contribution in [0.25, 0.3) is 0 Å². The van der Waals surface area contributed by atoms with Gasteiger partial charge in [0.1, 0.15) is 10.7 Å². The summed E-state index contributed by atoms with van der Waals surface area (Å²) in [6.45, 7) is 0.338. The molecule has 0 bridgehead atoms. The summed E-state index contributed by atoms with van der Waals surface area (Å²) in [7, 11) is -3.31. The van der Waals surface area contributed by atoms with E-state index < -0.39 is 15.9 Å². The number of hydrogen-bond donors (Lipinski definition) is 2. The molecule has 2 N–H and O–H groups in total. The minimum atomic E-state index is -3.31. The summed E-state index contributed by atoms with van der Waals surface area (Å²) < 4.78 is 23.3. The van der Waals surface area contributed by atoms with Gasteiger partial charge in [-0.05, 0) is 30.9 Å². The molecular weight excluding hydrogens is 276 g/mol. The molecular formula is C14H22N2O3S. The fraction of sp³-hybridized carbons (Fsp3) is 0.643. The Morgan fingerprint density at radius 3 is 2.75 bits per heavy atom. The van der Waals surface area contributed by atoms with Gasteiger partial charge in [0.25, 0.3) is 0 Å². The highest BCUT2D eigenvalue weighted by atomic mass is 32.2. The van der Waals surface area contributed by atoms with Crippen molar-refractivity contribution in [1.82, 2.24) is 4.98 Å². The lowest BCUT2D eigenvalue weighted by Crippen LogP contribution is -2.30. The number of rotatable bonds is 5. The Kier molecular flexibility index (Phi) is 4.99. The average Bonchev–Trinajstić information content (AvgIpc) is 2.45. The number of hydrogen-bond acceptors (Lipinski definition) is 5. The molecule has 0 aromatic carbocycles. The van der Waals surface area contributed by atoms with E-state index in [0.717, 1.165) is 19.1 Å². The minimum absolute atomic E-state index is 0.177. The number of sulfone groups is 1. The molecule has 1 aliphatic rings. The fourth-order valence-electron chi connectivity index (χ4n) is 2.71. The Hall–Kier alpha value is -1.14. The van der Waals surface area contributed by atoms with E-state index in [0.29, 0.717) is 18.3 Å². The third kappa shape index (κ3) is 3.93. The quantitative estimate of drug-likeness (QED) is 0.867. The van der Waals surface area contributed by atoms with Crippen LogP contribution in [-0.4, -0.2) is 37.4 Å². The zero-order valence-corrected chi connectivity index (χ0v) is 12.6. The zero-order chi connectivity index (χ0) is 14.6. The molecule has 0 aliphatic heterocycles. The van der Waals surface area contributed by atoms with E-state index >= 15 is 0 Å². The van der Waals surface area contributed by atoms with Gasteiger partial charge in [0.2, 0.25) is 0 Å². The number of anilines is 1. The minimum Gasteiger partial charge on any atom is -0.391 e. The lowest BCUT2D eigenvalue weighted by Gasteiger charge is -2.27. The van der Waals surface area contributed by atoms with Crippen molar-refractivity contribution in [3.05, 3.63) is 18.3 Å². The summed E-state index contributed by atoms with van der Waals surface area (Å²) in [5.74, 6) is 0.631. The smallest absolute Gasteiger partial charge is 0.179 e. The first-order valence-electron chi connectivity index (χ1n) is 7.05. The first-order chi connectivity index (χ1) is 9.48. The van der Waals surface area contributed by atoms with E-state index in [-0.39, 0.29) is 4.90 Å². The topological polar surface area (TPSA) is 79.3 Å². The maximum absolute atomic E-state index is 11.7. The van der Waals surface area contributed by atoms with Gasteiger partial charge in [-0.15, -0.1) is 0 Å². The molecule has 112 valence electrons. The van der Waals surface area contributed by atoms with Crippen LogP contribution < -0.4 is 5.32 Å². The van der Waals surface area contributed by atoms with Gasteiger partial charge in [-0.25, -0.2) is 13.4 Å². The third-order valence-electron chi connectivity index (χ3n) is 3.84. The molecule has 0 radical (unpaired) electrons. The summed E-state index contributed by atoms with van der Waals surface area (Å²) in [5, 5.41) is 13.2. The molecule has 1 aromatic heterocycles. The number of aliphatic hydroxyl groups is 1. The van der Waals surface area contributed by atoms with E-state index in [1.54, 1.807) is 12.3 Å². The van der Waals surface area contributed by atoms with Gasteiger partial charge in [0.15, 0.2) is 9.84 Å². The lowest BCUT2D eigenvalue weighted by atomic mass is 9.85. The van der Waals surface area contributed by atoms with Crippen molar-refractivity contribution in [3.63, 3.8) is 0 Å². The van der Waals surface area contributed by atoms with Crippen LogP contribution in [0.5, 0.6) is 0 Å². The lowest BCUT2D eigenvalue weighted by molar-refractivity contribution is 0.0955. The van der Waals surface area contributed by atoms with E-state index in [1.165, 1.54) is 25.3 Å². The van der Waals surface area contributed by atoms with Gasteiger partial charge >= 0.3 is 0 Å². The van der Waals surface area contributed by atoms with Crippen LogP contribution in [0.3, 0.4) is 0 Å². The number of aliphatic hydroxyl groups excluding tert-OH is 1. The molecule has 1 saturated carbocycles. The maximum Gasteiger partial charge on any atom is 0.179 e. The molecule has 1 atom stereocenters. The summed E-state index contributed by atoms with van der Waals surface area (Å²) in [4.78, 5) is 4.24. The van der Waals surface area contributed by atoms with Crippen molar-refractivity contribution < 1.29 is 13.5 Å². The van der Waals surface area contributed by atoms with Crippen molar-refractivity contribution >= 4 is 15.7 Å². The SMILES string of the molecule is CS(=O)(=O)c1cccnc1NCC(O)C1CCCCC1. The molecule has 6 heteroatoms.